The van der Waals surface area contributed by atoms with E-state index < -0.39 is 5.25 Å². The van der Waals surface area contributed by atoms with Crippen LogP contribution in [0.25, 0.3) is 11.4 Å². The highest BCUT2D eigenvalue weighted by molar-refractivity contribution is 8.00. The lowest BCUT2D eigenvalue weighted by atomic mass is 10.1. The van der Waals surface area contributed by atoms with Crippen LogP contribution >= 0.6 is 11.8 Å². The van der Waals surface area contributed by atoms with Crippen LogP contribution < -0.4 is 14.8 Å². The van der Waals surface area contributed by atoms with Crippen LogP contribution in [0.15, 0.2) is 47.6 Å². The van der Waals surface area contributed by atoms with Gasteiger partial charge in [-0.2, -0.15) is 0 Å². The Labute approximate surface area is 177 Å². The van der Waals surface area contributed by atoms with Gasteiger partial charge in [-0.1, -0.05) is 23.9 Å². The molecule has 1 aliphatic rings. The third-order valence-corrected chi connectivity index (χ3v) is 5.85. The van der Waals surface area contributed by atoms with Crippen LogP contribution in [0, 0.1) is 0 Å². The first-order valence-corrected chi connectivity index (χ1v) is 10.2. The van der Waals surface area contributed by atoms with Crippen molar-refractivity contribution in [3.8, 4) is 22.9 Å². The zero-order chi connectivity index (χ0) is 21.3. The standard InChI is InChI=1S/C21H20N4O4S/c1-12(19(27)13-7-8-17-16(10-13)22-18(26)11-29-17)30-21-24-23-20(25(21)2)14-5-4-6-15(9-14)28-3/h4-10,12H,11H2,1-3H3,(H,22,26). The Morgan fingerprint density at radius 3 is 2.90 bits per heavy atom. The molecule has 3 aromatic rings. The van der Waals surface area contributed by atoms with Gasteiger partial charge in [0.15, 0.2) is 23.4 Å². The van der Waals surface area contributed by atoms with Crippen LogP contribution in [0.1, 0.15) is 17.3 Å². The van der Waals surface area contributed by atoms with Crippen LogP contribution in [-0.4, -0.2) is 45.4 Å². The van der Waals surface area contributed by atoms with Gasteiger partial charge in [0, 0.05) is 18.2 Å². The highest BCUT2D eigenvalue weighted by Gasteiger charge is 2.23. The van der Waals surface area contributed by atoms with Crippen molar-refractivity contribution in [3.05, 3.63) is 48.0 Å². The Morgan fingerprint density at radius 1 is 1.27 bits per heavy atom. The summed E-state index contributed by atoms with van der Waals surface area (Å²) in [5, 5.41) is 11.5. The topological polar surface area (TPSA) is 95.3 Å². The van der Waals surface area contributed by atoms with E-state index in [1.807, 2.05) is 42.8 Å². The summed E-state index contributed by atoms with van der Waals surface area (Å²) in [7, 11) is 3.47. The van der Waals surface area contributed by atoms with Crippen LogP contribution in [0.4, 0.5) is 5.69 Å². The molecule has 154 valence electrons. The Morgan fingerprint density at radius 2 is 2.10 bits per heavy atom. The second-order valence-electron chi connectivity index (χ2n) is 6.77. The molecular formula is C21H20N4O4S. The zero-order valence-corrected chi connectivity index (χ0v) is 17.5. The minimum Gasteiger partial charge on any atom is -0.497 e. The summed E-state index contributed by atoms with van der Waals surface area (Å²) in [6, 6.07) is 12.6. The first-order valence-electron chi connectivity index (χ1n) is 9.27. The molecule has 30 heavy (non-hydrogen) atoms. The van der Waals surface area contributed by atoms with Gasteiger partial charge in [-0.05, 0) is 37.3 Å². The molecule has 2 aromatic carbocycles. The van der Waals surface area contributed by atoms with Crippen LogP contribution in [0.2, 0.25) is 0 Å². The number of carbonyl (C=O) groups excluding carboxylic acids is 2. The number of nitrogens with one attached hydrogen (secondary N) is 1. The van der Waals surface area contributed by atoms with Crippen LogP contribution in [0.3, 0.4) is 0 Å². The quantitative estimate of drug-likeness (QED) is 0.480. The number of benzene rings is 2. The number of fused-ring (bicyclic) bond motifs is 1. The molecule has 4 rings (SSSR count). The monoisotopic (exact) mass is 424 g/mol. The highest BCUT2D eigenvalue weighted by atomic mass is 32.2. The second-order valence-corrected chi connectivity index (χ2v) is 8.08. The number of ether oxygens (including phenoxy) is 2. The molecule has 0 saturated heterocycles. The predicted molar refractivity (Wildman–Crippen MR) is 113 cm³/mol. The number of rotatable bonds is 6. The van der Waals surface area contributed by atoms with Crippen molar-refractivity contribution in [1.82, 2.24) is 14.8 Å². The maximum absolute atomic E-state index is 12.9. The summed E-state index contributed by atoms with van der Waals surface area (Å²) in [5.41, 5.74) is 1.88. The molecule has 0 aliphatic carbocycles. The zero-order valence-electron chi connectivity index (χ0n) is 16.7. The SMILES string of the molecule is COc1cccc(-c2nnc(SC(C)C(=O)c3ccc4c(c3)NC(=O)CO4)n2C)c1. The molecule has 1 atom stereocenters. The lowest BCUT2D eigenvalue weighted by Gasteiger charge is -2.19. The molecule has 0 fully saturated rings. The van der Waals surface area contributed by atoms with E-state index in [2.05, 4.69) is 15.5 Å². The van der Waals surface area contributed by atoms with Crippen molar-refractivity contribution >= 4 is 29.1 Å². The van der Waals surface area contributed by atoms with Crippen molar-refractivity contribution in [2.24, 2.45) is 7.05 Å². The summed E-state index contributed by atoms with van der Waals surface area (Å²) < 4.78 is 12.5. The van der Waals surface area contributed by atoms with Crippen LogP contribution in [-0.2, 0) is 11.8 Å². The van der Waals surface area contributed by atoms with Gasteiger partial charge < -0.3 is 19.4 Å². The number of ketones is 1. The average molecular weight is 424 g/mol. The number of carbonyl (C=O) groups is 2. The van der Waals surface area contributed by atoms with Gasteiger partial charge in [0.25, 0.3) is 5.91 Å². The summed E-state index contributed by atoms with van der Waals surface area (Å²) >= 11 is 1.33. The van der Waals surface area contributed by atoms with Crippen molar-refractivity contribution in [2.75, 3.05) is 19.0 Å². The molecule has 1 amide bonds. The molecule has 0 bridgehead atoms. The van der Waals surface area contributed by atoms with Gasteiger partial charge in [0.05, 0.1) is 18.0 Å². The first-order chi connectivity index (χ1) is 14.5. The molecule has 0 radical (unpaired) electrons. The molecule has 1 unspecified atom stereocenters. The fourth-order valence-electron chi connectivity index (χ4n) is 3.11. The number of hydrogen-bond donors (Lipinski definition) is 1. The number of thioether (sulfide) groups is 1. The number of nitrogens with zero attached hydrogens (tertiary/aromatic N) is 3. The van der Waals surface area contributed by atoms with Gasteiger partial charge in [0.1, 0.15) is 11.5 Å². The average Bonchev–Trinajstić information content (AvgIpc) is 3.12. The summed E-state index contributed by atoms with van der Waals surface area (Å²) in [6.07, 6.45) is 0. The smallest absolute Gasteiger partial charge is 0.262 e. The molecule has 9 heteroatoms. The number of hydrogen-bond acceptors (Lipinski definition) is 7. The number of anilines is 1. The van der Waals surface area contributed by atoms with Gasteiger partial charge in [0.2, 0.25) is 0 Å². The lowest BCUT2D eigenvalue weighted by molar-refractivity contribution is -0.118. The molecule has 2 heterocycles. The Balaban J connectivity index is 1.52. The molecule has 0 saturated carbocycles. The number of methoxy groups -OCH3 is 1. The molecule has 1 N–H and O–H groups in total. The summed E-state index contributed by atoms with van der Waals surface area (Å²) in [5.74, 6) is 1.66. The van der Waals surface area contributed by atoms with Gasteiger partial charge in [-0.3, -0.25) is 9.59 Å². The van der Waals surface area contributed by atoms with E-state index in [-0.39, 0.29) is 18.3 Å². The number of aromatic nitrogens is 3. The summed E-state index contributed by atoms with van der Waals surface area (Å²) in [4.78, 5) is 24.5. The molecule has 0 spiro atoms. The van der Waals surface area contributed by atoms with E-state index in [9.17, 15) is 9.59 Å². The van der Waals surface area contributed by atoms with Crippen molar-refractivity contribution in [2.45, 2.75) is 17.3 Å². The number of amides is 1. The lowest BCUT2D eigenvalue weighted by Crippen LogP contribution is -2.25. The second kappa shape index (κ2) is 8.19. The van der Waals surface area contributed by atoms with E-state index >= 15 is 0 Å². The third-order valence-electron chi connectivity index (χ3n) is 4.71. The fraction of sp³-hybridized carbons (Fsp3) is 0.238. The Kier molecular flexibility index (Phi) is 5.45. The van der Waals surface area contributed by atoms with Crippen molar-refractivity contribution in [3.63, 3.8) is 0 Å². The van der Waals surface area contributed by atoms with Crippen molar-refractivity contribution < 1.29 is 19.1 Å². The highest BCUT2D eigenvalue weighted by Crippen LogP contribution is 2.32. The fourth-order valence-corrected chi connectivity index (χ4v) is 4.01. The summed E-state index contributed by atoms with van der Waals surface area (Å²) in [6.45, 7) is 1.80. The largest absolute Gasteiger partial charge is 0.497 e. The minimum atomic E-state index is -0.399. The van der Waals surface area contributed by atoms with E-state index in [1.165, 1.54) is 11.8 Å². The molecule has 1 aromatic heterocycles. The molecule has 1 aliphatic heterocycles. The van der Waals surface area contributed by atoms with Crippen LogP contribution in [0.5, 0.6) is 11.5 Å². The Bertz CT molecular complexity index is 1130. The maximum atomic E-state index is 12.9. The predicted octanol–water partition coefficient (Wildman–Crippen LogP) is 3.19. The molecular weight excluding hydrogens is 404 g/mol. The van der Waals surface area contributed by atoms with E-state index in [0.717, 1.165) is 11.3 Å². The Hall–Kier alpha value is -3.33. The van der Waals surface area contributed by atoms with E-state index in [1.54, 1.807) is 25.3 Å². The third kappa shape index (κ3) is 3.88. The molecule has 8 nitrogen and oxygen atoms in total. The van der Waals surface area contributed by atoms with Gasteiger partial charge in [-0.25, -0.2) is 0 Å². The minimum absolute atomic E-state index is 0.0195. The normalized spacial score (nSPS) is 13.8. The number of Topliss-reactive ketones (excluding diaryl/α,β-unsaturated/α-hetero) is 1. The van der Waals surface area contributed by atoms with Gasteiger partial charge in [-0.15, -0.1) is 10.2 Å². The maximum Gasteiger partial charge on any atom is 0.262 e. The van der Waals surface area contributed by atoms with E-state index in [4.69, 9.17) is 9.47 Å². The van der Waals surface area contributed by atoms with Gasteiger partial charge >= 0.3 is 0 Å². The first kappa shape index (κ1) is 20.0. The van der Waals surface area contributed by atoms with Crippen molar-refractivity contribution in [1.29, 1.82) is 0 Å². The van der Waals surface area contributed by atoms with E-state index in [0.29, 0.717) is 28.0 Å².